The fourth-order valence-electron chi connectivity index (χ4n) is 2.76. The highest BCUT2D eigenvalue weighted by Crippen LogP contribution is 2.48. The van der Waals surface area contributed by atoms with Crippen molar-refractivity contribution in [1.82, 2.24) is 10.4 Å². The smallest absolute Gasteiger partial charge is 0.315 e. The van der Waals surface area contributed by atoms with Crippen LogP contribution in [0, 0.1) is 11.8 Å². The summed E-state index contributed by atoms with van der Waals surface area (Å²) in [7, 11) is -3.13. The molecule has 1 heterocycles. The van der Waals surface area contributed by atoms with E-state index in [9.17, 15) is 4.57 Å². The lowest BCUT2D eigenvalue weighted by molar-refractivity contribution is 0.189. The third-order valence-corrected chi connectivity index (χ3v) is 5.53. The number of hydrogen-bond donors (Lipinski definition) is 2. The maximum atomic E-state index is 12.5. The Balaban J connectivity index is 1.97. The van der Waals surface area contributed by atoms with E-state index in [4.69, 9.17) is 9.05 Å². The lowest BCUT2D eigenvalue weighted by Crippen LogP contribution is -2.49. The lowest BCUT2D eigenvalue weighted by Gasteiger charge is -2.34. The van der Waals surface area contributed by atoms with Gasteiger partial charge >= 0.3 is 7.75 Å². The molecule has 6 heteroatoms. The zero-order valence-electron chi connectivity index (χ0n) is 11.4. The molecule has 0 amide bonds. The van der Waals surface area contributed by atoms with E-state index >= 15 is 0 Å². The highest BCUT2D eigenvalue weighted by atomic mass is 31.2. The predicted molar refractivity (Wildman–Crippen MR) is 71.5 cm³/mol. The maximum Gasteiger partial charge on any atom is 0.405 e. The highest BCUT2D eigenvalue weighted by molar-refractivity contribution is 7.51. The molecule has 5 nitrogen and oxygen atoms in total. The quantitative estimate of drug-likeness (QED) is 0.698. The Morgan fingerprint density at radius 2 is 1.89 bits per heavy atom. The van der Waals surface area contributed by atoms with Gasteiger partial charge in [-0.25, -0.2) is 9.65 Å². The van der Waals surface area contributed by atoms with Crippen LogP contribution in [0.25, 0.3) is 0 Å². The molecule has 1 saturated carbocycles. The van der Waals surface area contributed by atoms with Crippen LogP contribution in [-0.4, -0.2) is 32.3 Å². The SMILES string of the molecule is CCOP(=O)(N[C@@H]1CNCC[C@H]1C1CC1)OCC. The molecule has 0 aromatic carbocycles. The Labute approximate surface area is 110 Å². The molecule has 2 atom stereocenters. The minimum Gasteiger partial charge on any atom is -0.315 e. The summed E-state index contributed by atoms with van der Waals surface area (Å²) in [6.45, 7) is 6.39. The van der Waals surface area contributed by atoms with Gasteiger partial charge in [-0.3, -0.25) is 9.05 Å². The molecule has 0 spiro atoms. The van der Waals surface area contributed by atoms with E-state index in [1.165, 1.54) is 12.8 Å². The molecule has 1 saturated heterocycles. The van der Waals surface area contributed by atoms with Crippen molar-refractivity contribution in [1.29, 1.82) is 0 Å². The van der Waals surface area contributed by atoms with Crippen LogP contribution >= 0.6 is 7.75 Å². The third-order valence-electron chi connectivity index (χ3n) is 3.69. The third kappa shape index (κ3) is 3.78. The molecule has 106 valence electrons. The van der Waals surface area contributed by atoms with E-state index in [1.807, 2.05) is 13.8 Å². The van der Waals surface area contributed by atoms with Crippen molar-refractivity contribution < 1.29 is 13.6 Å². The van der Waals surface area contributed by atoms with Crippen molar-refractivity contribution in [2.75, 3.05) is 26.3 Å². The molecule has 2 aliphatic rings. The molecule has 1 aliphatic carbocycles. The summed E-state index contributed by atoms with van der Waals surface area (Å²) in [5, 5.41) is 6.51. The van der Waals surface area contributed by atoms with Crippen LogP contribution in [0.5, 0.6) is 0 Å². The Kier molecular flexibility index (Phi) is 5.22. The Hall–Kier alpha value is 0.0700. The summed E-state index contributed by atoms with van der Waals surface area (Å²) in [4.78, 5) is 0. The standard InChI is InChI=1S/C12H25N2O3P/c1-3-16-18(15,17-4-2)14-12-9-13-8-7-11(12)10-5-6-10/h10-13H,3-9H2,1-2H3,(H,14,15)/t11-,12+/m0/s1. The largest absolute Gasteiger partial charge is 0.405 e. The number of piperidine rings is 1. The second-order valence-corrected chi connectivity index (χ2v) is 6.83. The van der Waals surface area contributed by atoms with Gasteiger partial charge in [-0.2, -0.15) is 0 Å². The van der Waals surface area contributed by atoms with Crippen LogP contribution in [0.3, 0.4) is 0 Å². The molecule has 18 heavy (non-hydrogen) atoms. The molecule has 0 aromatic heterocycles. The van der Waals surface area contributed by atoms with Gasteiger partial charge in [0.1, 0.15) is 0 Å². The first kappa shape index (κ1) is 14.5. The Bertz CT molecular complexity index is 300. The van der Waals surface area contributed by atoms with Crippen molar-refractivity contribution in [3.05, 3.63) is 0 Å². The summed E-state index contributed by atoms with van der Waals surface area (Å²) in [5.74, 6) is 1.42. The average molecular weight is 276 g/mol. The minimum atomic E-state index is -3.13. The maximum absolute atomic E-state index is 12.5. The number of hydrogen-bond acceptors (Lipinski definition) is 4. The zero-order chi connectivity index (χ0) is 13.0. The summed E-state index contributed by atoms with van der Waals surface area (Å²) < 4.78 is 23.1. The van der Waals surface area contributed by atoms with Gasteiger partial charge in [-0.15, -0.1) is 0 Å². The first-order chi connectivity index (χ1) is 8.68. The van der Waals surface area contributed by atoms with E-state index in [1.54, 1.807) is 0 Å². The predicted octanol–water partition coefficient (Wildman–Crippen LogP) is 2.15. The van der Waals surface area contributed by atoms with E-state index in [2.05, 4.69) is 10.4 Å². The summed E-state index contributed by atoms with van der Waals surface area (Å²) in [6.07, 6.45) is 3.79. The normalized spacial score (nSPS) is 29.4. The highest BCUT2D eigenvalue weighted by Gasteiger charge is 2.41. The van der Waals surface area contributed by atoms with Crippen LogP contribution < -0.4 is 10.4 Å². The van der Waals surface area contributed by atoms with Gasteiger partial charge in [0.15, 0.2) is 0 Å². The van der Waals surface area contributed by atoms with Gasteiger partial charge in [-0.1, -0.05) is 0 Å². The summed E-state index contributed by atoms with van der Waals surface area (Å²) >= 11 is 0. The van der Waals surface area contributed by atoms with Gasteiger partial charge in [0, 0.05) is 12.6 Å². The van der Waals surface area contributed by atoms with E-state index in [0.717, 1.165) is 25.4 Å². The molecular weight excluding hydrogens is 251 g/mol. The molecule has 0 bridgehead atoms. The van der Waals surface area contributed by atoms with Crippen LogP contribution in [0.2, 0.25) is 0 Å². The number of rotatable bonds is 7. The Morgan fingerprint density at radius 3 is 2.44 bits per heavy atom. The first-order valence-electron chi connectivity index (χ1n) is 7.06. The molecular formula is C12H25N2O3P. The average Bonchev–Trinajstić information content (AvgIpc) is 3.14. The first-order valence-corrected chi connectivity index (χ1v) is 8.60. The van der Waals surface area contributed by atoms with E-state index < -0.39 is 7.75 Å². The monoisotopic (exact) mass is 276 g/mol. The lowest BCUT2D eigenvalue weighted by atomic mass is 9.89. The second kappa shape index (κ2) is 6.49. The van der Waals surface area contributed by atoms with Crippen molar-refractivity contribution in [2.45, 2.75) is 39.2 Å². The molecule has 2 fully saturated rings. The second-order valence-electron chi connectivity index (χ2n) is 5.06. The van der Waals surface area contributed by atoms with E-state index in [0.29, 0.717) is 19.1 Å². The molecule has 0 aromatic rings. The van der Waals surface area contributed by atoms with Crippen LogP contribution in [0.4, 0.5) is 0 Å². The zero-order valence-corrected chi connectivity index (χ0v) is 12.2. The fourth-order valence-corrected chi connectivity index (χ4v) is 4.36. The van der Waals surface area contributed by atoms with Crippen molar-refractivity contribution in [3.8, 4) is 0 Å². The van der Waals surface area contributed by atoms with Crippen molar-refractivity contribution >= 4 is 7.75 Å². The minimum absolute atomic E-state index is 0.204. The topological polar surface area (TPSA) is 59.6 Å². The molecule has 0 radical (unpaired) electrons. The van der Waals surface area contributed by atoms with Crippen LogP contribution in [-0.2, 0) is 13.6 Å². The van der Waals surface area contributed by atoms with Gasteiger partial charge in [0.05, 0.1) is 13.2 Å². The van der Waals surface area contributed by atoms with Gasteiger partial charge in [0.25, 0.3) is 0 Å². The van der Waals surface area contributed by atoms with Gasteiger partial charge in [-0.05, 0) is 51.5 Å². The fraction of sp³-hybridized carbons (Fsp3) is 1.00. The number of nitrogens with one attached hydrogen (secondary N) is 2. The van der Waals surface area contributed by atoms with Gasteiger partial charge < -0.3 is 5.32 Å². The summed E-state index contributed by atoms with van der Waals surface area (Å²) in [5.41, 5.74) is 0. The van der Waals surface area contributed by atoms with Gasteiger partial charge in [0.2, 0.25) is 0 Å². The van der Waals surface area contributed by atoms with E-state index in [-0.39, 0.29) is 6.04 Å². The Morgan fingerprint density at radius 1 is 1.22 bits per heavy atom. The molecule has 2 rings (SSSR count). The van der Waals surface area contributed by atoms with Crippen molar-refractivity contribution in [2.24, 2.45) is 11.8 Å². The molecule has 1 aliphatic heterocycles. The van der Waals surface area contributed by atoms with Crippen molar-refractivity contribution in [3.63, 3.8) is 0 Å². The summed E-state index contributed by atoms with van der Waals surface area (Å²) in [6, 6.07) is 0.204. The molecule has 2 N–H and O–H groups in total. The molecule has 0 unspecified atom stereocenters. The van der Waals surface area contributed by atoms with Crippen LogP contribution in [0.1, 0.15) is 33.1 Å². The van der Waals surface area contributed by atoms with Crippen LogP contribution in [0.15, 0.2) is 0 Å².